The van der Waals surface area contributed by atoms with Crippen LogP contribution >= 0.6 is 0 Å². The van der Waals surface area contributed by atoms with E-state index in [1.807, 2.05) is 6.92 Å². The molecule has 0 fully saturated rings. The molecule has 0 aliphatic carbocycles. The largest absolute Gasteiger partial charge is 0.398 e. The van der Waals surface area contributed by atoms with Crippen LogP contribution in [0, 0.1) is 12.7 Å². The molecule has 0 amide bonds. The van der Waals surface area contributed by atoms with Crippen LogP contribution in [0.15, 0.2) is 17.0 Å². The molecule has 0 radical (unpaired) electrons. The van der Waals surface area contributed by atoms with E-state index in [4.69, 9.17) is 5.73 Å². The summed E-state index contributed by atoms with van der Waals surface area (Å²) < 4.78 is 40.7. The Kier molecular flexibility index (Phi) is 4.58. The number of hydrogen-bond acceptors (Lipinski definition) is 3. The molecule has 0 aliphatic heterocycles. The summed E-state index contributed by atoms with van der Waals surface area (Å²) in [6.07, 6.45) is 1.49. The Bertz CT molecular complexity index is 568. The summed E-state index contributed by atoms with van der Waals surface area (Å²) >= 11 is 0. The highest BCUT2D eigenvalue weighted by molar-refractivity contribution is 7.89. The summed E-state index contributed by atoms with van der Waals surface area (Å²) in [6.45, 7) is 7.12. The fourth-order valence-corrected chi connectivity index (χ4v) is 3.51. The summed E-state index contributed by atoms with van der Waals surface area (Å²) in [6, 6.07) is 2.30. The Labute approximate surface area is 114 Å². The van der Waals surface area contributed by atoms with Crippen LogP contribution in [0.25, 0.3) is 0 Å². The first-order valence-corrected chi connectivity index (χ1v) is 7.67. The van der Waals surface area contributed by atoms with Crippen molar-refractivity contribution < 1.29 is 12.8 Å². The Balaban J connectivity index is 3.18. The van der Waals surface area contributed by atoms with Crippen LogP contribution in [0.3, 0.4) is 0 Å². The molecule has 0 saturated carbocycles. The summed E-state index contributed by atoms with van der Waals surface area (Å²) in [5.74, 6) is -0.786. The molecule has 1 rings (SSSR count). The maximum Gasteiger partial charge on any atom is 0.244 e. The molecular formula is C13H21FN2O2S. The Morgan fingerprint density at radius 1 is 1.37 bits per heavy atom. The summed E-state index contributed by atoms with van der Waals surface area (Å²) in [7, 11) is -3.92. The lowest BCUT2D eigenvalue weighted by atomic mass is 10.0. The molecule has 0 aromatic heterocycles. The van der Waals surface area contributed by atoms with Crippen molar-refractivity contribution in [2.45, 2.75) is 51.0 Å². The van der Waals surface area contributed by atoms with E-state index in [1.54, 1.807) is 20.8 Å². The van der Waals surface area contributed by atoms with E-state index in [9.17, 15) is 12.8 Å². The molecule has 6 heteroatoms. The Morgan fingerprint density at radius 3 is 2.47 bits per heavy atom. The van der Waals surface area contributed by atoms with Gasteiger partial charge in [-0.3, -0.25) is 0 Å². The third-order valence-corrected chi connectivity index (χ3v) is 4.61. The highest BCUT2D eigenvalue weighted by atomic mass is 32.2. The zero-order valence-corrected chi connectivity index (χ0v) is 12.6. The van der Waals surface area contributed by atoms with E-state index in [2.05, 4.69) is 4.72 Å². The maximum atomic E-state index is 13.8. The summed E-state index contributed by atoms with van der Waals surface area (Å²) in [5, 5.41) is 0. The van der Waals surface area contributed by atoms with Crippen LogP contribution < -0.4 is 10.5 Å². The monoisotopic (exact) mass is 288 g/mol. The van der Waals surface area contributed by atoms with Crippen molar-refractivity contribution in [1.82, 2.24) is 4.72 Å². The number of nitrogen functional groups attached to an aromatic ring is 1. The lowest BCUT2D eigenvalue weighted by Gasteiger charge is -2.25. The number of hydrogen-bond donors (Lipinski definition) is 2. The van der Waals surface area contributed by atoms with Crippen molar-refractivity contribution in [2.24, 2.45) is 0 Å². The SMILES string of the molecule is CCCC(C)(C)NS(=O)(=O)c1cc(N)c(C)cc1F. The lowest BCUT2D eigenvalue weighted by molar-refractivity contribution is 0.416. The first kappa shape index (κ1) is 15.9. The van der Waals surface area contributed by atoms with Crippen molar-refractivity contribution in [2.75, 3.05) is 5.73 Å². The van der Waals surface area contributed by atoms with Crippen molar-refractivity contribution >= 4 is 15.7 Å². The van der Waals surface area contributed by atoms with Crippen LogP contribution in [-0.4, -0.2) is 14.0 Å². The summed E-state index contributed by atoms with van der Waals surface area (Å²) in [5.41, 5.74) is 5.80. The molecule has 108 valence electrons. The number of anilines is 1. The van der Waals surface area contributed by atoms with Gasteiger partial charge in [0.05, 0.1) is 0 Å². The van der Waals surface area contributed by atoms with Crippen molar-refractivity contribution in [3.8, 4) is 0 Å². The van der Waals surface area contributed by atoms with Gasteiger partial charge < -0.3 is 5.73 Å². The maximum absolute atomic E-state index is 13.8. The topological polar surface area (TPSA) is 72.2 Å². The number of nitrogens with one attached hydrogen (secondary N) is 1. The predicted molar refractivity (Wildman–Crippen MR) is 74.9 cm³/mol. The lowest BCUT2D eigenvalue weighted by Crippen LogP contribution is -2.43. The molecule has 3 N–H and O–H groups in total. The van der Waals surface area contributed by atoms with Crippen molar-refractivity contribution in [3.05, 3.63) is 23.5 Å². The molecule has 0 spiro atoms. The smallest absolute Gasteiger partial charge is 0.244 e. The number of sulfonamides is 1. The molecule has 1 aromatic carbocycles. The van der Waals surface area contributed by atoms with Crippen LogP contribution in [0.1, 0.15) is 39.2 Å². The average Bonchev–Trinajstić information content (AvgIpc) is 2.21. The first-order chi connectivity index (χ1) is 8.59. The first-order valence-electron chi connectivity index (χ1n) is 6.18. The second kappa shape index (κ2) is 5.46. The van der Waals surface area contributed by atoms with Crippen LogP contribution in [0.4, 0.5) is 10.1 Å². The number of nitrogens with two attached hydrogens (primary N) is 1. The van der Waals surface area contributed by atoms with Gasteiger partial charge in [0.2, 0.25) is 10.0 Å². The van der Waals surface area contributed by atoms with E-state index < -0.39 is 26.3 Å². The quantitative estimate of drug-likeness (QED) is 0.818. The van der Waals surface area contributed by atoms with Crippen molar-refractivity contribution in [1.29, 1.82) is 0 Å². The Morgan fingerprint density at radius 2 is 1.95 bits per heavy atom. The summed E-state index contributed by atoms with van der Waals surface area (Å²) in [4.78, 5) is -0.403. The number of rotatable bonds is 5. The zero-order valence-electron chi connectivity index (χ0n) is 11.7. The van der Waals surface area contributed by atoms with E-state index >= 15 is 0 Å². The van der Waals surface area contributed by atoms with Gasteiger partial charge in [0.25, 0.3) is 0 Å². The molecule has 0 heterocycles. The molecule has 0 bridgehead atoms. The van der Waals surface area contributed by atoms with Gasteiger partial charge in [-0.05, 0) is 44.9 Å². The van der Waals surface area contributed by atoms with Gasteiger partial charge in [0.15, 0.2) is 0 Å². The minimum Gasteiger partial charge on any atom is -0.398 e. The molecule has 0 aliphatic rings. The van der Waals surface area contributed by atoms with E-state index in [0.29, 0.717) is 12.0 Å². The molecular weight excluding hydrogens is 267 g/mol. The van der Waals surface area contributed by atoms with Gasteiger partial charge in [-0.2, -0.15) is 0 Å². The standard InChI is InChI=1S/C13H21FN2O2S/c1-5-6-13(3,4)16-19(17,18)12-8-11(15)9(2)7-10(12)14/h7-8,16H,5-6,15H2,1-4H3. The van der Waals surface area contributed by atoms with Gasteiger partial charge in [-0.1, -0.05) is 13.3 Å². The normalized spacial score (nSPS) is 12.7. The van der Waals surface area contributed by atoms with E-state index in [-0.39, 0.29) is 5.69 Å². The molecule has 4 nitrogen and oxygen atoms in total. The minimum atomic E-state index is -3.92. The minimum absolute atomic E-state index is 0.259. The number of benzene rings is 1. The van der Waals surface area contributed by atoms with Crippen molar-refractivity contribution in [3.63, 3.8) is 0 Å². The van der Waals surface area contributed by atoms with Gasteiger partial charge >= 0.3 is 0 Å². The van der Waals surface area contributed by atoms with E-state index in [0.717, 1.165) is 18.6 Å². The van der Waals surface area contributed by atoms with Crippen LogP contribution in [0.2, 0.25) is 0 Å². The number of halogens is 1. The fourth-order valence-electron chi connectivity index (χ4n) is 1.97. The second-order valence-corrected chi connectivity index (χ2v) is 7.03. The van der Waals surface area contributed by atoms with Gasteiger partial charge in [0.1, 0.15) is 10.7 Å². The highest BCUT2D eigenvalue weighted by Crippen LogP contribution is 2.23. The Hall–Kier alpha value is -1.14. The predicted octanol–water partition coefficient (Wildman–Crippen LogP) is 2.57. The number of aryl methyl sites for hydroxylation is 1. The molecule has 0 atom stereocenters. The second-order valence-electron chi connectivity index (χ2n) is 5.38. The fraction of sp³-hybridized carbons (Fsp3) is 0.538. The van der Waals surface area contributed by atoms with Gasteiger partial charge in [-0.25, -0.2) is 17.5 Å². The van der Waals surface area contributed by atoms with E-state index in [1.165, 1.54) is 0 Å². The molecule has 0 unspecified atom stereocenters. The molecule has 0 saturated heterocycles. The third kappa shape index (κ3) is 3.91. The van der Waals surface area contributed by atoms with Gasteiger partial charge in [-0.15, -0.1) is 0 Å². The molecule has 1 aromatic rings. The highest BCUT2D eigenvalue weighted by Gasteiger charge is 2.28. The van der Waals surface area contributed by atoms with Crippen LogP contribution in [0.5, 0.6) is 0 Å². The molecule has 19 heavy (non-hydrogen) atoms. The van der Waals surface area contributed by atoms with Crippen LogP contribution in [-0.2, 0) is 10.0 Å². The third-order valence-electron chi connectivity index (χ3n) is 2.90. The zero-order chi connectivity index (χ0) is 14.8. The average molecular weight is 288 g/mol. The van der Waals surface area contributed by atoms with Gasteiger partial charge in [0, 0.05) is 11.2 Å².